The largest absolute Gasteiger partial charge is 0.492 e. The Labute approximate surface area is 214 Å². The van der Waals surface area contributed by atoms with Gasteiger partial charge in [-0.25, -0.2) is 4.79 Å². The molecule has 0 spiro atoms. The SMILES string of the molecule is CCc1cc(-c2cc(OCC3CCN(C(=O)OC(C)(C)C)CC3)cnc2-c2ccccc2)ccc1N. The number of benzene rings is 2. The first-order valence-electron chi connectivity index (χ1n) is 12.8. The molecule has 6 heteroatoms. The average molecular weight is 488 g/mol. The molecule has 2 heterocycles. The normalized spacial score (nSPS) is 14.5. The van der Waals surface area contributed by atoms with Gasteiger partial charge in [0.2, 0.25) is 0 Å². The number of carbonyl (C=O) groups excluding carboxylic acids is 1. The quantitative estimate of drug-likeness (QED) is 0.397. The van der Waals surface area contributed by atoms with Crippen LogP contribution >= 0.6 is 0 Å². The summed E-state index contributed by atoms with van der Waals surface area (Å²) in [5, 5.41) is 0. The summed E-state index contributed by atoms with van der Waals surface area (Å²) >= 11 is 0. The third kappa shape index (κ3) is 6.36. The van der Waals surface area contributed by atoms with E-state index >= 15 is 0 Å². The molecule has 1 aliphatic heterocycles. The lowest BCUT2D eigenvalue weighted by Crippen LogP contribution is -2.42. The van der Waals surface area contributed by atoms with Gasteiger partial charge >= 0.3 is 6.09 Å². The number of amides is 1. The Morgan fingerprint density at radius 3 is 2.44 bits per heavy atom. The molecular weight excluding hydrogens is 450 g/mol. The van der Waals surface area contributed by atoms with Gasteiger partial charge in [-0.2, -0.15) is 0 Å². The smallest absolute Gasteiger partial charge is 0.410 e. The zero-order chi connectivity index (χ0) is 25.7. The lowest BCUT2D eigenvalue weighted by atomic mass is 9.96. The summed E-state index contributed by atoms with van der Waals surface area (Å²) < 4.78 is 11.7. The Hall–Kier alpha value is -3.54. The van der Waals surface area contributed by atoms with Crippen LogP contribution in [0.4, 0.5) is 10.5 Å². The van der Waals surface area contributed by atoms with E-state index in [0.717, 1.165) is 58.6 Å². The molecule has 1 aliphatic rings. The molecule has 2 aromatic carbocycles. The number of nitrogens with two attached hydrogens (primary N) is 1. The Morgan fingerprint density at radius 1 is 1.06 bits per heavy atom. The number of likely N-dealkylation sites (tertiary alicyclic amines) is 1. The number of aromatic nitrogens is 1. The van der Waals surface area contributed by atoms with Gasteiger partial charge in [0.1, 0.15) is 11.4 Å². The molecule has 1 saturated heterocycles. The zero-order valence-electron chi connectivity index (χ0n) is 21.8. The Bertz CT molecular complexity index is 1180. The number of ether oxygens (including phenoxy) is 2. The molecule has 0 saturated carbocycles. The highest BCUT2D eigenvalue weighted by atomic mass is 16.6. The summed E-state index contributed by atoms with van der Waals surface area (Å²) in [5.74, 6) is 1.12. The molecule has 2 N–H and O–H groups in total. The highest BCUT2D eigenvalue weighted by Crippen LogP contribution is 2.35. The van der Waals surface area contributed by atoms with Crippen LogP contribution in [0.3, 0.4) is 0 Å². The maximum absolute atomic E-state index is 12.3. The van der Waals surface area contributed by atoms with E-state index in [4.69, 9.17) is 20.2 Å². The molecule has 3 aromatic rings. The summed E-state index contributed by atoms with van der Waals surface area (Å²) in [6, 6.07) is 18.4. The van der Waals surface area contributed by atoms with Crippen LogP contribution in [0.15, 0.2) is 60.8 Å². The van der Waals surface area contributed by atoms with Gasteiger partial charge in [-0.1, -0.05) is 43.3 Å². The molecule has 1 fully saturated rings. The topological polar surface area (TPSA) is 77.7 Å². The fraction of sp³-hybridized carbons (Fsp3) is 0.400. The van der Waals surface area contributed by atoms with Crippen molar-refractivity contribution in [2.45, 2.75) is 52.6 Å². The molecule has 0 aliphatic carbocycles. The van der Waals surface area contributed by atoms with Gasteiger partial charge in [-0.05, 0) is 75.3 Å². The van der Waals surface area contributed by atoms with E-state index in [-0.39, 0.29) is 6.09 Å². The second-order valence-corrected chi connectivity index (χ2v) is 10.4. The summed E-state index contributed by atoms with van der Waals surface area (Å²) in [6.07, 6.45) is 4.21. The summed E-state index contributed by atoms with van der Waals surface area (Å²) in [7, 11) is 0. The van der Waals surface area contributed by atoms with Crippen molar-refractivity contribution in [3.63, 3.8) is 0 Å². The number of hydrogen-bond donors (Lipinski definition) is 1. The number of nitrogens with zero attached hydrogens (tertiary/aromatic N) is 2. The first kappa shape index (κ1) is 25.5. The van der Waals surface area contributed by atoms with E-state index in [1.807, 2.05) is 51.1 Å². The van der Waals surface area contributed by atoms with Crippen molar-refractivity contribution < 1.29 is 14.3 Å². The van der Waals surface area contributed by atoms with E-state index in [2.05, 4.69) is 31.2 Å². The Balaban J connectivity index is 1.48. The number of nitrogen functional groups attached to an aromatic ring is 1. The predicted octanol–water partition coefficient (Wildman–Crippen LogP) is 6.59. The van der Waals surface area contributed by atoms with E-state index < -0.39 is 5.60 Å². The minimum atomic E-state index is -0.476. The number of piperidine rings is 1. The van der Waals surface area contributed by atoms with Crippen LogP contribution in [0.25, 0.3) is 22.4 Å². The second kappa shape index (κ2) is 11.0. The maximum atomic E-state index is 12.3. The van der Waals surface area contributed by atoms with Crippen LogP contribution in [0.2, 0.25) is 0 Å². The van der Waals surface area contributed by atoms with Crippen LogP contribution in [0.1, 0.15) is 46.1 Å². The first-order valence-corrected chi connectivity index (χ1v) is 12.8. The number of carbonyl (C=O) groups is 1. The molecule has 1 amide bonds. The summed E-state index contributed by atoms with van der Waals surface area (Å²) in [4.78, 5) is 18.9. The van der Waals surface area contributed by atoms with E-state index in [1.165, 1.54) is 0 Å². The minimum Gasteiger partial charge on any atom is -0.492 e. The van der Waals surface area contributed by atoms with Crippen LogP contribution in [0, 0.1) is 5.92 Å². The van der Waals surface area contributed by atoms with Crippen molar-refractivity contribution in [2.24, 2.45) is 5.92 Å². The van der Waals surface area contributed by atoms with Crippen molar-refractivity contribution in [3.05, 3.63) is 66.4 Å². The van der Waals surface area contributed by atoms with Crippen molar-refractivity contribution in [3.8, 4) is 28.1 Å². The molecular formula is C30H37N3O3. The van der Waals surface area contributed by atoms with Gasteiger partial charge in [0.25, 0.3) is 0 Å². The highest BCUT2D eigenvalue weighted by Gasteiger charge is 2.27. The van der Waals surface area contributed by atoms with Crippen LogP contribution in [-0.4, -0.2) is 41.3 Å². The van der Waals surface area contributed by atoms with Gasteiger partial charge < -0.3 is 20.1 Å². The fourth-order valence-electron chi connectivity index (χ4n) is 4.47. The minimum absolute atomic E-state index is 0.234. The molecule has 0 bridgehead atoms. The number of hydrogen-bond acceptors (Lipinski definition) is 5. The summed E-state index contributed by atoms with van der Waals surface area (Å²) in [5.41, 5.74) is 11.7. The van der Waals surface area contributed by atoms with Crippen LogP contribution in [0.5, 0.6) is 5.75 Å². The van der Waals surface area contributed by atoms with Crippen LogP contribution in [-0.2, 0) is 11.2 Å². The fourth-order valence-corrected chi connectivity index (χ4v) is 4.47. The maximum Gasteiger partial charge on any atom is 0.410 e. The van der Waals surface area contributed by atoms with Gasteiger partial charge in [0.05, 0.1) is 18.5 Å². The number of anilines is 1. The van der Waals surface area contributed by atoms with E-state index in [9.17, 15) is 4.79 Å². The van der Waals surface area contributed by atoms with Crippen molar-refractivity contribution in [1.29, 1.82) is 0 Å². The lowest BCUT2D eigenvalue weighted by Gasteiger charge is -2.33. The molecule has 1 aromatic heterocycles. The zero-order valence-corrected chi connectivity index (χ0v) is 21.8. The Kier molecular flexibility index (Phi) is 7.82. The molecule has 0 atom stereocenters. The van der Waals surface area contributed by atoms with Crippen LogP contribution < -0.4 is 10.5 Å². The highest BCUT2D eigenvalue weighted by molar-refractivity contribution is 5.82. The molecule has 4 rings (SSSR count). The molecule has 190 valence electrons. The third-order valence-electron chi connectivity index (χ3n) is 6.50. The van der Waals surface area contributed by atoms with E-state index in [0.29, 0.717) is 25.6 Å². The molecule has 36 heavy (non-hydrogen) atoms. The monoisotopic (exact) mass is 487 g/mol. The molecule has 0 unspecified atom stereocenters. The average Bonchev–Trinajstić information content (AvgIpc) is 2.87. The molecule has 0 radical (unpaired) electrons. The standard InChI is InChI=1S/C30H37N3O3/c1-5-22-17-24(11-12-27(22)31)26-18-25(19-32-28(26)23-9-7-6-8-10-23)35-20-21-13-15-33(16-14-21)29(34)36-30(2,3)4/h6-12,17-19,21H,5,13-16,20,31H2,1-4H3. The predicted molar refractivity (Wildman–Crippen MR) is 145 cm³/mol. The van der Waals surface area contributed by atoms with Gasteiger partial charge in [-0.3, -0.25) is 4.98 Å². The number of aryl methyl sites for hydroxylation is 1. The second-order valence-electron chi connectivity index (χ2n) is 10.4. The number of pyridine rings is 1. The van der Waals surface area contributed by atoms with Crippen molar-refractivity contribution in [2.75, 3.05) is 25.4 Å². The third-order valence-corrected chi connectivity index (χ3v) is 6.50. The van der Waals surface area contributed by atoms with Gasteiger partial charge in [0.15, 0.2) is 0 Å². The lowest BCUT2D eigenvalue weighted by molar-refractivity contribution is 0.0165. The Morgan fingerprint density at radius 2 is 1.78 bits per heavy atom. The molecule has 6 nitrogen and oxygen atoms in total. The number of rotatable bonds is 6. The van der Waals surface area contributed by atoms with E-state index in [1.54, 1.807) is 11.1 Å². The van der Waals surface area contributed by atoms with Crippen molar-refractivity contribution >= 4 is 11.8 Å². The summed E-state index contributed by atoms with van der Waals surface area (Å²) in [6.45, 7) is 9.75. The van der Waals surface area contributed by atoms with Gasteiger partial charge in [0, 0.05) is 29.9 Å². The van der Waals surface area contributed by atoms with Gasteiger partial charge in [-0.15, -0.1) is 0 Å². The van der Waals surface area contributed by atoms with Crippen molar-refractivity contribution in [1.82, 2.24) is 9.88 Å². The first-order chi connectivity index (χ1) is 17.2.